The van der Waals surface area contributed by atoms with Crippen molar-refractivity contribution in [1.29, 1.82) is 0 Å². The molecule has 1 aromatic rings. The van der Waals surface area contributed by atoms with E-state index in [2.05, 4.69) is 15.3 Å². The van der Waals surface area contributed by atoms with Crippen molar-refractivity contribution in [3.05, 3.63) is 17.7 Å². The summed E-state index contributed by atoms with van der Waals surface area (Å²) in [6, 6.07) is 0.175. The molecular formula is C15H22N4O3. The zero-order valence-electron chi connectivity index (χ0n) is 12.5. The number of aromatic nitrogens is 2. The van der Waals surface area contributed by atoms with Gasteiger partial charge >= 0.3 is 0 Å². The van der Waals surface area contributed by atoms with Crippen molar-refractivity contribution in [3.8, 4) is 0 Å². The Morgan fingerprint density at radius 2 is 2.05 bits per heavy atom. The fraction of sp³-hybridized carbons (Fsp3) is 0.667. The van der Waals surface area contributed by atoms with E-state index in [1.807, 2.05) is 0 Å². The summed E-state index contributed by atoms with van der Waals surface area (Å²) in [4.78, 5) is 33.1. The molecule has 2 aliphatic rings. The highest BCUT2D eigenvalue weighted by atomic mass is 16.3. The van der Waals surface area contributed by atoms with Crippen LogP contribution in [-0.4, -0.2) is 57.0 Å². The number of H-pyrrole nitrogens is 1. The molecule has 7 nitrogen and oxygen atoms in total. The average molecular weight is 306 g/mol. The molecule has 1 atom stereocenters. The fourth-order valence-electron chi connectivity index (χ4n) is 3.21. The molecule has 1 aromatic heterocycles. The molecule has 3 rings (SSSR count). The molecule has 0 bridgehead atoms. The highest BCUT2D eigenvalue weighted by Crippen LogP contribution is 2.19. The first-order chi connectivity index (χ1) is 10.6. The topological polar surface area (TPSA) is 98.3 Å². The van der Waals surface area contributed by atoms with Crippen molar-refractivity contribution in [2.45, 2.75) is 50.7 Å². The Morgan fingerprint density at radius 1 is 1.27 bits per heavy atom. The summed E-state index contributed by atoms with van der Waals surface area (Å²) in [6.07, 6.45) is 6.90. The first kappa shape index (κ1) is 15.0. The Hall–Kier alpha value is -1.89. The van der Waals surface area contributed by atoms with E-state index >= 15 is 0 Å². The van der Waals surface area contributed by atoms with E-state index in [9.17, 15) is 14.7 Å². The Balaban J connectivity index is 1.68. The largest absolute Gasteiger partial charge is 0.391 e. The number of hydrogen-bond acceptors (Lipinski definition) is 4. The fourth-order valence-corrected chi connectivity index (χ4v) is 3.21. The third-order valence-corrected chi connectivity index (χ3v) is 4.46. The van der Waals surface area contributed by atoms with Crippen molar-refractivity contribution in [1.82, 2.24) is 20.2 Å². The number of rotatable bonds is 3. The Labute approximate surface area is 129 Å². The number of amides is 2. The minimum absolute atomic E-state index is 0.150. The van der Waals surface area contributed by atoms with Crippen molar-refractivity contribution in [2.24, 2.45) is 0 Å². The lowest BCUT2D eigenvalue weighted by molar-refractivity contribution is 0.0752. The third-order valence-electron chi connectivity index (χ3n) is 4.46. The molecule has 22 heavy (non-hydrogen) atoms. The number of carbonyl (C=O) groups excluding carboxylic acids is 2. The van der Waals surface area contributed by atoms with Gasteiger partial charge in [-0.15, -0.1) is 0 Å². The van der Waals surface area contributed by atoms with Gasteiger partial charge in [-0.05, 0) is 19.3 Å². The molecule has 3 N–H and O–H groups in total. The molecule has 0 spiro atoms. The smallest absolute Gasteiger partial charge is 0.272 e. The Bertz CT molecular complexity index is 551. The second-order valence-corrected chi connectivity index (χ2v) is 6.13. The van der Waals surface area contributed by atoms with Crippen LogP contribution in [0.3, 0.4) is 0 Å². The Kier molecular flexibility index (Phi) is 4.42. The molecule has 0 aromatic carbocycles. The second-order valence-electron chi connectivity index (χ2n) is 6.13. The summed E-state index contributed by atoms with van der Waals surface area (Å²) in [6.45, 7) is 0.810. The number of aromatic amines is 1. The Morgan fingerprint density at radius 3 is 2.73 bits per heavy atom. The van der Waals surface area contributed by atoms with Crippen LogP contribution in [0.1, 0.15) is 59.5 Å². The standard InChI is InChI=1S/C15H22N4O3/c20-11-6-7-19(8-11)15(22)13-12(16-9-17-13)14(21)18-10-4-2-1-3-5-10/h9-11,20H,1-8H2,(H,16,17)(H,18,21). The lowest BCUT2D eigenvalue weighted by Crippen LogP contribution is -2.38. The summed E-state index contributed by atoms with van der Waals surface area (Å²) in [5.74, 6) is -0.570. The van der Waals surface area contributed by atoms with E-state index < -0.39 is 6.10 Å². The van der Waals surface area contributed by atoms with Gasteiger partial charge in [-0.25, -0.2) is 4.98 Å². The van der Waals surface area contributed by atoms with E-state index in [0.29, 0.717) is 19.5 Å². The maximum Gasteiger partial charge on any atom is 0.272 e. The summed E-state index contributed by atoms with van der Waals surface area (Å²) in [5, 5.41) is 12.5. The molecule has 1 saturated carbocycles. The van der Waals surface area contributed by atoms with Crippen LogP contribution in [0.15, 0.2) is 6.33 Å². The number of β-amino-alcohol motifs (C(OH)–C–C–N with tert-alkyl or cyclic N) is 1. The van der Waals surface area contributed by atoms with E-state index in [1.54, 1.807) is 4.90 Å². The molecule has 1 saturated heterocycles. The number of hydrogen-bond donors (Lipinski definition) is 3. The van der Waals surface area contributed by atoms with Gasteiger partial charge in [-0.1, -0.05) is 19.3 Å². The average Bonchev–Trinajstić information content (AvgIpc) is 3.16. The minimum atomic E-state index is -0.480. The summed E-state index contributed by atoms with van der Waals surface area (Å²) in [5.41, 5.74) is 0.361. The number of nitrogens with one attached hydrogen (secondary N) is 2. The van der Waals surface area contributed by atoms with Crippen LogP contribution >= 0.6 is 0 Å². The van der Waals surface area contributed by atoms with Gasteiger partial charge in [0, 0.05) is 19.1 Å². The highest BCUT2D eigenvalue weighted by Gasteiger charge is 2.30. The van der Waals surface area contributed by atoms with Gasteiger partial charge < -0.3 is 20.3 Å². The van der Waals surface area contributed by atoms with Gasteiger partial charge in [-0.3, -0.25) is 9.59 Å². The first-order valence-corrected chi connectivity index (χ1v) is 7.96. The molecule has 0 radical (unpaired) electrons. The zero-order chi connectivity index (χ0) is 15.5. The number of aliphatic hydroxyl groups is 1. The maximum absolute atomic E-state index is 12.4. The van der Waals surface area contributed by atoms with E-state index in [4.69, 9.17) is 0 Å². The number of imidazole rings is 1. The predicted octanol–water partition coefficient (Wildman–Crippen LogP) is 0.679. The molecule has 2 fully saturated rings. The van der Waals surface area contributed by atoms with Crippen molar-refractivity contribution in [2.75, 3.05) is 13.1 Å². The zero-order valence-corrected chi connectivity index (χ0v) is 12.5. The second kappa shape index (κ2) is 6.48. The molecular weight excluding hydrogens is 284 g/mol. The first-order valence-electron chi connectivity index (χ1n) is 7.96. The monoisotopic (exact) mass is 306 g/mol. The third kappa shape index (κ3) is 3.14. The normalized spacial score (nSPS) is 22.8. The van der Waals surface area contributed by atoms with Crippen LogP contribution < -0.4 is 5.32 Å². The molecule has 2 heterocycles. The van der Waals surface area contributed by atoms with Crippen LogP contribution in [0.25, 0.3) is 0 Å². The van der Waals surface area contributed by atoms with Crippen molar-refractivity contribution in [3.63, 3.8) is 0 Å². The van der Waals surface area contributed by atoms with Crippen LogP contribution in [0.4, 0.5) is 0 Å². The van der Waals surface area contributed by atoms with E-state index in [-0.39, 0.29) is 29.2 Å². The molecule has 1 aliphatic carbocycles. The molecule has 2 amide bonds. The van der Waals surface area contributed by atoms with Gasteiger partial charge in [-0.2, -0.15) is 0 Å². The van der Waals surface area contributed by atoms with Gasteiger partial charge in [0.2, 0.25) is 0 Å². The predicted molar refractivity (Wildman–Crippen MR) is 79.5 cm³/mol. The number of carbonyl (C=O) groups is 2. The van der Waals surface area contributed by atoms with Gasteiger partial charge in [0.15, 0.2) is 5.69 Å². The minimum Gasteiger partial charge on any atom is -0.391 e. The summed E-state index contributed by atoms with van der Waals surface area (Å²) >= 11 is 0. The SMILES string of the molecule is O=C(NC1CCCCC1)c1nc[nH]c1C(=O)N1CCC(O)C1. The van der Waals surface area contributed by atoms with E-state index in [0.717, 1.165) is 25.7 Å². The molecule has 120 valence electrons. The molecule has 7 heteroatoms. The molecule has 1 aliphatic heterocycles. The van der Waals surface area contributed by atoms with Crippen molar-refractivity contribution < 1.29 is 14.7 Å². The maximum atomic E-state index is 12.4. The van der Waals surface area contributed by atoms with Crippen molar-refractivity contribution >= 4 is 11.8 Å². The van der Waals surface area contributed by atoms with Gasteiger partial charge in [0.25, 0.3) is 11.8 Å². The highest BCUT2D eigenvalue weighted by molar-refractivity contribution is 6.04. The number of aliphatic hydroxyl groups excluding tert-OH is 1. The van der Waals surface area contributed by atoms with Crippen LogP contribution in [-0.2, 0) is 0 Å². The van der Waals surface area contributed by atoms with Crippen LogP contribution in [0.2, 0.25) is 0 Å². The molecule has 1 unspecified atom stereocenters. The number of likely N-dealkylation sites (tertiary alicyclic amines) is 1. The van der Waals surface area contributed by atoms with Gasteiger partial charge in [0.05, 0.1) is 12.4 Å². The quantitative estimate of drug-likeness (QED) is 0.765. The van der Waals surface area contributed by atoms with Gasteiger partial charge in [0.1, 0.15) is 5.69 Å². The summed E-state index contributed by atoms with van der Waals surface area (Å²) < 4.78 is 0. The van der Waals surface area contributed by atoms with Crippen LogP contribution in [0.5, 0.6) is 0 Å². The lowest BCUT2D eigenvalue weighted by Gasteiger charge is -2.22. The summed E-state index contributed by atoms with van der Waals surface area (Å²) in [7, 11) is 0. The van der Waals surface area contributed by atoms with E-state index in [1.165, 1.54) is 12.7 Å². The van der Waals surface area contributed by atoms with Crippen LogP contribution in [0, 0.1) is 0 Å². The lowest BCUT2D eigenvalue weighted by atomic mass is 9.95. The number of nitrogens with zero attached hydrogens (tertiary/aromatic N) is 2.